The van der Waals surface area contributed by atoms with Gasteiger partial charge in [0.2, 0.25) is 5.91 Å². The average Bonchev–Trinajstić information content (AvgIpc) is 1.29. The first-order chi connectivity index (χ1) is 43.2. The molecule has 1 aliphatic rings. The van der Waals surface area contributed by atoms with Gasteiger partial charge in [0.15, 0.2) is 12.4 Å². The van der Waals surface area contributed by atoms with E-state index < -0.39 is 67.4 Å². The van der Waals surface area contributed by atoms with Crippen molar-refractivity contribution >= 4 is 11.9 Å². The van der Waals surface area contributed by atoms with Gasteiger partial charge in [-0.25, -0.2) is 0 Å². The predicted molar refractivity (Wildman–Crippen MR) is 370 cm³/mol. The molecule has 0 saturated carbocycles. The number of amides is 1. The SMILES string of the molecule is CCCCC/C=C\C/C=C\C/C=C\C/C=C\CCCCCCCCCCCCCC(=O)OC1C(OCC(NC(=O)C(O)CCCCCCCCCCCCCCCCCCCCCC)C(O)/C=C/CCCCCCCCCCCC)OC(CO)C(O)C1O. The van der Waals surface area contributed by atoms with Gasteiger partial charge in [-0.3, -0.25) is 9.59 Å². The lowest BCUT2D eigenvalue weighted by Gasteiger charge is -2.41. The summed E-state index contributed by atoms with van der Waals surface area (Å²) in [6.45, 7) is 5.81. The van der Waals surface area contributed by atoms with Gasteiger partial charge in [0.25, 0.3) is 0 Å². The smallest absolute Gasteiger partial charge is 0.306 e. The van der Waals surface area contributed by atoms with Crippen LogP contribution in [0.15, 0.2) is 60.8 Å². The number of rotatable bonds is 65. The van der Waals surface area contributed by atoms with Gasteiger partial charge >= 0.3 is 5.97 Å². The van der Waals surface area contributed by atoms with Gasteiger partial charge in [-0.05, 0) is 70.6 Å². The summed E-state index contributed by atoms with van der Waals surface area (Å²) < 4.78 is 17.7. The summed E-state index contributed by atoms with van der Waals surface area (Å²) in [4.78, 5) is 26.7. The van der Waals surface area contributed by atoms with Crippen LogP contribution in [-0.2, 0) is 23.8 Å². The molecule has 0 aromatic carbocycles. The van der Waals surface area contributed by atoms with Gasteiger partial charge in [0.05, 0.1) is 25.4 Å². The fraction of sp³-hybridized carbons (Fsp3) is 0.844. The standard InChI is InChI=1S/C77H141NO10/c1-4-7-10-13-16-19-22-25-27-29-31-33-34-35-36-37-38-39-41-43-45-47-50-53-56-59-62-65-72(82)88-75-74(84)73(83)71(66-79)87-77(75)86-67-68(69(80)63-60-57-54-51-48-24-21-18-15-12-9-6-3)78-76(85)70(81)64-61-58-55-52-49-46-44-42-40-32-30-28-26-23-20-17-14-11-8-5-2/h16,19,25,27,31,33,35-36,60,63,68-71,73-75,77,79-81,83-84H,4-15,17-18,20-24,26,28-30,32,34,37-59,61-62,64-67H2,1-3H3,(H,78,85)/b19-16-,27-25-,33-31-,36-35-,63-60+. The Labute approximate surface area is 541 Å². The maximum atomic E-state index is 13.5. The van der Waals surface area contributed by atoms with E-state index in [-0.39, 0.29) is 13.0 Å². The van der Waals surface area contributed by atoms with Gasteiger partial charge in [-0.2, -0.15) is 0 Å². The molecule has 0 spiro atoms. The van der Waals surface area contributed by atoms with E-state index >= 15 is 0 Å². The molecule has 1 heterocycles. The zero-order valence-corrected chi connectivity index (χ0v) is 57.4. The third-order valence-corrected chi connectivity index (χ3v) is 17.7. The van der Waals surface area contributed by atoms with E-state index in [0.717, 1.165) is 83.5 Å². The molecule has 0 bridgehead atoms. The first-order valence-electron chi connectivity index (χ1n) is 37.6. The maximum Gasteiger partial charge on any atom is 0.306 e. The lowest BCUT2D eigenvalue weighted by Crippen LogP contribution is -2.61. The molecule has 8 atom stereocenters. The molecular weight excluding hydrogens is 1100 g/mol. The molecule has 514 valence electrons. The number of allylic oxidation sites excluding steroid dienone is 9. The third kappa shape index (κ3) is 50.9. The van der Waals surface area contributed by atoms with Crippen LogP contribution < -0.4 is 5.32 Å². The molecule has 1 fully saturated rings. The molecule has 11 nitrogen and oxygen atoms in total. The number of nitrogens with one attached hydrogen (secondary N) is 1. The van der Waals surface area contributed by atoms with Gasteiger partial charge in [0, 0.05) is 6.42 Å². The number of unbranched alkanes of at least 4 members (excludes halogenated alkanes) is 43. The molecular formula is C77H141NO10. The Hall–Kier alpha value is -2.64. The summed E-state index contributed by atoms with van der Waals surface area (Å²) in [5, 5.41) is 57.3. The zero-order valence-electron chi connectivity index (χ0n) is 57.4. The first-order valence-corrected chi connectivity index (χ1v) is 37.6. The molecule has 0 radical (unpaired) electrons. The minimum absolute atomic E-state index is 0.120. The highest BCUT2D eigenvalue weighted by Gasteiger charge is 2.47. The Morgan fingerprint density at radius 2 is 0.784 bits per heavy atom. The van der Waals surface area contributed by atoms with Crippen molar-refractivity contribution in [3.63, 3.8) is 0 Å². The van der Waals surface area contributed by atoms with Crippen LogP contribution >= 0.6 is 0 Å². The van der Waals surface area contributed by atoms with Crippen LogP contribution in [0.2, 0.25) is 0 Å². The second-order valence-electron chi connectivity index (χ2n) is 26.0. The fourth-order valence-electron chi connectivity index (χ4n) is 11.8. The molecule has 8 unspecified atom stereocenters. The van der Waals surface area contributed by atoms with E-state index in [2.05, 4.69) is 74.7 Å². The summed E-state index contributed by atoms with van der Waals surface area (Å²) >= 11 is 0. The van der Waals surface area contributed by atoms with E-state index in [0.29, 0.717) is 19.3 Å². The second-order valence-corrected chi connectivity index (χ2v) is 26.0. The topological polar surface area (TPSA) is 175 Å². The van der Waals surface area contributed by atoms with Crippen molar-refractivity contribution in [2.24, 2.45) is 0 Å². The second kappa shape index (κ2) is 64.5. The molecule has 1 saturated heterocycles. The van der Waals surface area contributed by atoms with Crippen molar-refractivity contribution < 1.29 is 49.3 Å². The van der Waals surface area contributed by atoms with Crippen LogP contribution in [0.3, 0.4) is 0 Å². The van der Waals surface area contributed by atoms with E-state index in [1.54, 1.807) is 6.08 Å². The monoisotopic (exact) mass is 1240 g/mol. The Morgan fingerprint density at radius 1 is 0.443 bits per heavy atom. The number of carbonyl (C=O) groups is 2. The van der Waals surface area contributed by atoms with Gasteiger partial charge in [-0.15, -0.1) is 0 Å². The Bertz CT molecular complexity index is 1670. The molecule has 1 aliphatic heterocycles. The largest absolute Gasteiger partial charge is 0.454 e. The molecule has 6 N–H and O–H groups in total. The average molecular weight is 1240 g/mol. The lowest BCUT2D eigenvalue weighted by molar-refractivity contribution is -0.305. The normalized spacial score (nSPS) is 18.5. The van der Waals surface area contributed by atoms with Crippen LogP contribution in [0, 0.1) is 0 Å². The van der Waals surface area contributed by atoms with Crippen molar-refractivity contribution in [1.82, 2.24) is 5.32 Å². The van der Waals surface area contributed by atoms with E-state index in [1.807, 2.05) is 6.08 Å². The predicted octanol–water partition coefficient (Wildman–Crippen LogP) is 19.7. The van der Waals surface area contributed by atoms with Crippen LogP contribution in [0.1, 0.15) is 355 Å². The van der Waals surface area contributed by atoms with Gasteiger partial charge < -0.3 is 45.1 Å². The number of ether oxygens (including phenoxy) is 3. The summed E-state index contributed by atoms with van der Waals surface area (Å²) in [6, 6.07) is -1.02. The van der Waals surface area contributed by atoms with Gasteiger partial charge in [0.1, 0.15) is 24.4 Å². The highest BCUT2D eigenvalue weighted by molar-refractivity contribution is 5.80. The minimum atomic E-state index is -1.62. The van der Waals surface area contributed by atoms with E-state index in [4.69, 9.17) is 14.2 Å². The third-order valence-electron chi connectivity index (χ3n) is 17.7. The quantitative estimate of drug-likeness (QED) is 0.0195. The van der Waals surface area contributed by atoms with Crippen LogP contribution in [0.4, 0.5) is 0 Å². The number of aliphatic hydroxyl groups excluding tert-OH is 5. The van der Waals surface area contributed by atoms with E-state index in [9.17, 15) is 35.1 Å². The van der Waals surface area contributed by atoms with E-state index in [1.165, 1.54) is 225 Å². The number of esters is 1. The Kier molecular flexibility index (Phi) is 61.1. The van der Waals surface area contributed by atoms with Crippen LogP contribution in [-0.4, -0.2) is 99.6 Å². The molecule has 1 rings (SSSR count). The van der Waals surface area contributed by atoms with Crippen molar-refractivity contribution in [2.45, 2.75) is 404 Å². The van der Waals surface area contributed by atoms with Crippen molar-refractivity contribution in [1.29, 1.82) is 0 Å². The van der Waals surface area contributed by atoms with Gasteiger partial charge in [-0.1, -0.05) is 338 Å². The first kappa shape index (κ1) is 83.4. The summed E-state index contributed by atoms with van der Waals surface area (Å²) in [5.74, 6) is -1.18. The molecule has 0 aliphatic carbocycles. The molecule has 11 heteroatoms. The molecule has 0 aromatic rings. The lowest BCUT2D eigenvalue weighted by atomic mass is 9.99. The van der Waals surface area contributed by atoms with Crippen molar-refractivity contribution in [2.75, 3.05) is 13.2 Å². The highest BCUT2D eigenvalue weighted by atomic mass is 16.7. The number of hydrogen-bond acceptors (Lipinski definition) is 10. The number of aliphatic hydroxyl groups is 5. The Balaban J connectivity index is 2.53. The number of carbonyl (C=O) groups excluding carboxylic acids is 2. The number of hydrogen-bond donors (Lipinski definition) is 6. The van der Waals surface area contributed by atoms with Crippen LogP contribution in [0.5, 0.6) is 0 Å². The van der Waals surface area contributed by atoms with Crippen LogP contribution in [0.25, 0.3) is 0 Å². The zero-order chi connectivity index (χ0) is 63.9. The molecule has 0 aromatic heterocycles. The summed E-state index contributed by atoms with van der Waals surface area (Å²) in [5.41, 5.74) is 0. The van der Waals surface area contributed by atoms with Crippen molar-refractivity contribution in [3.05, 3.63) is 60.8 Å². The maximum absolute atomic E-state index is 13.5. The summed E-state index contributed by atoms with van der Waals surface area (Å²) in [7, 11) is 0. The molecule has 1 amide bonds. The highest BCUT2D eigenvalue weighted by Crippen LogP contribution is 2.26. The van der Waals surface area contributed by atoms with Crippen molar-refractivity contribution in [3.8, 4) is 0 Å². The minimum Gasteiger partial charge on any atom is -0.454 e. The molecule has 88 heavy (non-hydrogen) atoms. The summed E-state index contributed by atoms with van der Waals surface area (Å²) in [6.07, 6.45) is 72.6. The Morgan fingerprint density at radius 3 is 1.19 bits per heavy atom. The fourth-order valence-corrected chi connectivity index (χ4v) is 11.8.